The number of amides is 1. The van der Waals surface area contributed by atoms with Gasteiger partial charge in [-0.15, -0.1) is 11.3 Å². The molecule has 21 heavy (non-hydrogen) atoms. The van der Waals surface area contributed by atoms with E-state index in [0.29, 0.717) is 13.0 Å². The first-order valence-corrected chi connectivity index (χ1v) is 7.93. The molecule has 0 fully saturated rings. The van der Waals surface area contributed by atoms with Crippen LogP contribution in [-0.4, -0.2) is 22.8 Å². The van der Waals surface area contributed by atoms with E-state index in [2.05, 4.69) is 28.6 Å². The van der Waals surface area contributed by atoms with Gasteiger partial charge >= 0.3 is 0 Å². The Kier molecular flexibility index (Phi) is 4.06. The zero-order valence-corrected chi connectivity index (χ0v) is 12.8. The fourth-order valence-electron chi connectivity index (χ4n) is 2.48. The zero-order valence-electron chi connectivity index (χ0n) is 12.0. The van der Waals surface area contributed by atoms with Crippen molar-refractivity contribution in [1.29, 1.82) is 0 Å². The largest absolute Gasteiger partial charge is 0.361 e. The summed E-state index contributed by atoms with van der Waals surface area (Å²) in [6.45, 7) is 0.646. The van der Waals surface area contributed by atoms with E-state index < -0.39 is 0 Å². The normalized spacial score (nSPS) is 10.9. The first-order chi connectivity index (χ1) is 10.2. The molecule has 0 aliphatic carbocycles. The van der Waals surface area contributed by atoms with Crippen molar-refractivity contribution in [1.82, 2.24) is 9.88 Å². The van der Waals surface area contributed by atoms with Crippen LogP contribution in [-0.2, 0) is 17.8 Å². The monoisotopic (exact) mass is 298 g/mol. The highest BCUT2D eigenvalue weighted by molar-refractivity contribution is 7.09. The molecule has 0 aliphatic heterocycles. The summed E-state index contributed by atoms with van der Waals surface area (Å²) in [5.74, 6) is 0.189. The molecule has 1 amide bonds. The summed E-state index contributed by atoms with van der Waals surface area (Å²) in [5, 5.41) is 3.24. The Bertz CT molecular complexity index is 730. The molecular formula is C17H18N2OS. The third-order valence-electron chi connectivity index (χ3n) is 3.67. The Balaban J connectivity index is 1.62. The van der Waals surface area contributed by atoms with Crippen LogP contribution in [0, 0.1) is 0 Å². The lowest BCUT2D eigenvalue weighted by atomic mass is 10.1. The van der Waals surface area contributed by atoms with Crippen LogP contribution >= 0.6 is 11.3 Å². The molecule has 0 spiro atoms. The van der Waals surface area contributed by atoms with Crippen LogP contribution in [0.25, 0.3) is 10.9 Å². The van der Waals surface area contributed by atoms with Gasteiger partial charge < -0.3 is 9.88 Å². The number of benzene rings is 1. The standard InChI is InChI=1S/C17H18N2OS/c1-19(17(20)9-8-14-5-4-10-21-14)12-13-11-18-16-7-3-2-6-15(13)16/h2-7,10-11,18H,8-9,12H2,1H3. The van der Waals surface area contributed by atoms with Crippen LogP contribution in [0.5, 0.6) is 0 Å². The molecule has 0 atom stereocenters. The van der Waals surface area contributed by atoms with Crippen molar-refractivity contribution in [2.75, 3.05) is 7.05 Å². The molecule has 3 nitrogen and oxygen atoms in total. The second kappa shape index (κ2) is 6.14. The SMILES string of the molecule is CN(Cc1c[nH]c2ccccc12)C(=O)CCc1cccs1. The van der Waals surface area contributed by atoms with Gasteiger partial charge in [-0.05, 0) is 29.5 Å². The van der Waals surface area contributed by atoms with Gasteiger partial charge in [0.1, 0.15) is 0 Å². The van der Waals surface area contributed by atoms with Crippen molar-refractivity contribution in [2.24, 2.45) is 0 Å². The Labute approximate surface area is 128 Å². The minimum absolute atomic E-state index is 0.189. The molecule has 0 saturated carbocycles. The number of hydrogen-bond donors (Lipinski definition) is 1. The average molecular weight is 298 g/mol. The average Bonchev–Trinajstić information content (AvgIpc) is 3.15. The maximum Gasteiger partial charge on any atom is 0.222 e. The third-order valence-corrected chi connectivity index (χ3v) is 4.61. The number of H-pyrrole nitrogens is 1. The summed E-state index contributed by atoms with van der Waals surface area (Å²) < 4.78 is 0. The fourth-order valence-corrected chi connectivity index (χ4v) is 3.19. The highest BCUT2D eigenvalue weighted by Gasteiger charge is 2.12. The molecule has 2 heterocycles. The van der Waals surface area contributed by atoms with Crippen LogP contribution in [0.3, 0.4) is 0 Å². The molecule has 0 saturated heterocycles. The maximum atomic E-state index is 12.2. The number of nitrogens with zero attached hydrogens (tertiary/aromatic N) is 1. The van der Waals surface area contributed by atoms with E-state index in [0.717, 1.165) is 17.5 Å². The van der Waals surface area contributed by atoms with Gasteiger partial charge in [-0.1, -0.05) is 24.3 Å². The minimum Gasteiger partial charge on any atom is -0.361 e. The number of fused-ring (bicyclic) bond motifs is 1. The van der Waals surface area contributed by atoms with Crippen molar-refractivity contribution >= 4 is 28.1 Å². The quantitative estimate of drug-likeness (QED) is 0.763. The van der Waals surface area contributed by atoms with Gasteiger partial charge in [0.2, 0.25) is 5.91 Å². The topological polar surface area (TPSA) is 36.1 Å². The van der Waals surface area contributed by atoms with Crippen LogP contribution in [0.4, 0.5) is 0 Å². The molecule has 1 aromatic carbocycles. The van der Waals surface area contributed by atoms with Crippen LogP contribution in [0.2, 0.25) is 0 Å². The highest BCUT2D eigenvalue weighted by Crippen LogP contribution is 2.19. The maximum absolute atomic E-state index is 12.2. The number of para-hydroxylation sites is 1. The lowest BCUT2D eigenvalue weighted by Crippen LogP contribution is -2.26. The van der Waals surface area contributed by atoms with E-state index in [1.807, 2.05) is 36.3 Å². The van der Waals surface area contributed by atoms with Gasteiger partial charge in [0.25, 0.3) is 0 Å². The molecule has 0 aliphatic rings. The smallest absolute Gasteiger partial charge is 0.222 e. The molecule has 108 valence electrons. The summed E-state index contributed by atoms with van der Waals surface area (Å²) in [6, 6.07) is 12.3. The lowest BCUT2D eigenvalue weighted by Gasteiger charge is -2.16. The molecular weight excluding hydrogens is 280 g/mol. The second-order valence-corrected chi connectivity index (χ2v) is 6.22. The van der Waals surface area contributed by atoms with E-state index in [9.17, 15) is 4.79 Å². The number of aromatic nitrogens is 1. The molecule has 2 aromatic heterocycles. The number of aromatic amines is 1. The number of hydrogen-bond acceptors (Lipinski definition) is 2. The van der Waals surface area contributed by atoms with Crippen LogP contribution in [0.1, 0.15) is 16.9 Å². The zero-order chi connectivity index (χ0) is 14.7. The summed E-state index contributed by atoms with van der Waals surface area (Å²) in [7, 11) is 1.87. The van der Waals surface area contributed by atoms with Crippen molar-refractivity contribution in [2.45, 2.75) is 19.4 Å². The van der Waals surface area contributed by atoms with Gasteiger partial charge in [-0.3, -0.25) is 4.79 Å². The predicted octanol–water partition coefficient (Wildman–Crippen LogP) is 3.82. The van der Waals surface area contributed by atoms with Crippen LogP contribution < -0.4 is 0 Å². The van der Waals surface area contributed by atoms with Crippen molar-refractivity contribution in [3.05, 3.63) is 58.4 Å². The summed E-state index contributed by atoms with van der Waals surface area (Å²) >= 11 is 1.71. The number of thiophene rings is 1. The summed E-state index contributed by atoms with van der Waals surface area (Å²) in [6.07, 6.45) is 3.39. The van der Waals surface area contributed by atoms with E-state index in [-0.39, 0.29) is 5.91 Å². The van der Waals surface area contributed by atoms with Gasteiger partial charge in [-0.25, -0.2) is 0 Å². The van der Waals surface area contributed by atoms with Gasteiger partial charge in [-0.2, -0.15) is 0 Å². The molecule has 3 aromatic rings. The van der Waals surface area contributed by atoms with E-state index in [1.165, 1.54) is 10.3 Å². The van der Waals surface area contributed by atoms with Crippen molar-refractivity contribution in [3.8, 4) is 0 Å². The van der Waals surface area contributed by atoms with Gasteiger partial charge in [0.15, 0.2) is 0 Å². The second-order valence-electron chi connectivity index (χ2n) is 5.19. The first-order valence-electron chi connectivity index (χ1n) is 7.05. The molecule has 0 bridgehead atoms. The van der Waals surface area contributed by atoms with Crippen molar-refractivity contribution < 1.29 is 4.79 Å². The number of carbonyl (C=O) groups excluding carboxylic acids is 1. The number of nitrogens with one attached hydrogen (secondary N) is 1. The molecule has 3 rings (SSSR count). The number of carbonyl (C=O) groups is 1. The van der Waals surface area contributed by atoms with E-state index >= 15 is 0 Å². The molecule has 0 unspecified atom stereocenters. The Hall–Kier alpha value is -2.07. The van der Waals surface area contributed by atoms with E-state index in [1.54, 1.807) is 11.3 Å². The van der Waals surface area contributed by atoms with Gasteiger partial charge in [0.05, 0.1) is 0 Å². The number of rotatable bonds is 5. The molecule has 4 heteroatoms. The summed E-state index contributed by atoms with van der Waals surface area (Å²) in [5.41, 5.74) is 2.28. The Morgan fingerprint density at radius 3 is 2.90 bits per heavy atom. The van der Waals surface area contributed by atoms with Crippen LogP contribution in [0.15, 0.2) is 48.0 Å². The fraction of sp³-hybridized carbons (Fsp3) is 0.235. The minimum atomic E-state index is 0.189. The molecule has 1 N–H and O–H groups in total. The Morgan fingerprint density at radius 2 is 2.10 bits per heavy atom. The first kappa shape index (κ1) is 13.9. The third kappa shape index (κ3) is 3.16. The summed E-state index contributed by atoms with van der Waals surface area (Å²) in [4.78, 5) is 18.5. The van der Waals surface area contributed by atoms with Crippen molar-refractivity contribution in [3.63, 3.8) is 0 Å². The molecule has 0 radical (unpaired) electrons. The Morgan fingerprint density at radius 1 is 1.24 bits per heavy atom. The van der Waals surface area contributed by atoms with E-state index in [4.69, 9.17) is 0 Å². The predicted molar refractivity (Wildman–Crippen MR) is 87.4 cm³/mol. The highest BCUT2D eigenvalue weighted by atomic mass is 32.1. The number of aryl methyl sites for hydroxylation is 1. The van der Waals surface area contributed by atoms with Gasteiger partial charge in [0, 0.05) is 42.0 Å². The lowest BCUT2D eigenvalue weighted by molar-refractivity contribution is -0.130.